The second-order valence-corrected chi connectivity index (χ2v) is 5.09. The maximum absolute atomic E-state index is 14.1. The Balaban J connectivity index is 2.43. The molecule has 0 aliphatic carbocycles. The molecule has 5 heteroatoms. The second-order valence-electron chi connectivity index (χ2n) is 4.68. The number of nitrogens with one attached hydrogen (secondary N) is 1. The first-order chi connectivity index (χ1) is 10.2. The molecule has 1 heterocycles. The molecule has 0 aliphatic rings. The molecule has 112 valence electrons. The molecule has 0 bridgehead atoms. The van der Waals surface area contributed by atoms with Crippen molar-refractivity contribution in [2.24, 2.45) is 0 Å². The summed E-state index contributed by atoms with van der Waals surface area (Å²) in [5.41, 5.74) is 1.46. The average molecular weight is 309 g/mol. The second kappa shape index (κ2) is 7.38. The first kappa shape index (κ1) is 15.7. The fraction of sp³-hybridized carbons (Fsp3) is 0.312. The van der Waals surface area contributed by atoms with E-state index in [-0.39, 0.29) is 11.9 Å². The lowest BCUT2D eigenvalue weighted by atomic mass is 9.98. The summed E-state index contributed by atoms with van der Waals surface area (Å²) in [5, 5.41) is 3.88. The van der Waals surface area contributed by atoms with Crippen molar-refractivity contribution in [2.45, 2.75) is 19.4 Å². The fourth-order valence-electron chi connectivity index (χ4n) is 2.17. The van der Waals surface area contributed by atoms with Crippen LogP contribution in [-0.4, -0.2) is 18.6 Å². The van der Waals surface area contributed by atoms with Crippen molar-refractivity contribution >= 4 is 11.6 Å². The molecule has 2 aromatic rings. The van der Waals surface area contributed by atoms with E-state index in [0.717, 1.165) is 18.5 Å². The molecule has 0 amide bonds. The Morgan fingerprint density at radius 3 is 2.86 bits per heavy atom. The largest absolute Gasteiger partial charge is 0.495 e. The SMILES string of the molecule is CCCNC(c1ccc(Cl)c(OC)c1)c1ccncc1F. The van der Waals surface area contributed by atoms with Crippen molar-refractivity contribution in [1.29, 1.82) is 0 Å². The molecule has 1 aromatic carbocycles. The van der Waals surface area contributed by atoms with E-state index >= 15 is 0 Å². The van der Waals surface area contributed by atoms with Gasteiger partial charge >= 0.3 is 0 Å². The van der Waals surface area contributed by atoms with Crippen LogP contribution in [0.1, 0.15) is 30.5 Å². The Morgan fingerprint density at radius 2 is 2.19 bits per heavy atom. The zero-order valence-corrected chi connectivity index (χ0v) is 12.8. The van der Waals surface area contributed by atoms with Gasteiger partial charge in [-0.15, -0.1) is 0 Å². The quantitative estimate of drug-likeness (QED) is 0.876. The molecule has 1 N–H and O–H groups in total. The summed E-state index contributed by atoms with van der Waals surface area (Å²) in [6.07, 6.45) is 3.77. The van der Waals surface area contributed by atoms with Crippen LogP contribution in [0, 0.1) is 5.82 Å². The maximum Gasteiger partial charge on any atom is 0.146 e. The van der Waals surface area contributed by atoms with Gasteiger partial charge in [-0.1, -0.05) is 24.6 Å². The average Bonchev–Trinajstić information content (AvgIpc) is 2.50. The highest BCUT2D eigenvalue weighted by Gasteiger charge is 2.18. The first-order valence-corrected chi connectivity index (χ1v) is 7.21. The van der Waals surface area contributed by atoms with Crippen LogP contribution < -0.4 is 10.1 Å². The summed E-state index contributed by atoms with van der Waals surface area (Å²) in [6, 6.07) is 6.88. The molecule has 1 atom stereocenters. The summed E-state index contributed by atoms with van der Waals surface area (Å²) >= 11 is 6.05. The molecule has 0 saturated carbocycles. The van der Waals surface area contributed by atoms with E-state index in [9.17, 15) is 4.39 Å². The molecule has 0 aliphatic heterocycles. The monoisotopic (exact) mass is 308 g/mol. The normalized spacial score (nSPS) is 12.2. The minimum atomic E-state index is -0.333. The van der Waals surface area contributed by atoms with Crippen LogP contribution in [0.25, 0.3) is 0 Å². The van der Waals surface area contributed by atoms with Gasteiger partial charge < -0.3 is 10.1 Å². The molecule has 3 nitrogen and oxygen atoms in total. The molecule has 21 heavy (non-hydrogen) atoms. The van der Waals surface area contributed by atoms with Gasteiger partial charge in [0.2, 0.25) is 0 Å². The molecule has 1 aromatic heterocycles. The standard InChI is InChI=1S/C16H18ClFN2O/c1-3-7-20-16(12-6-8-19-10-14(12)18)11-4-5-13(17)15(9-11)21-2/h4-6,8-10,16,20H,3,7H2,1-2H3. The highest BCUT2D eigenvalue weighted by Crippen LogP contribution is 2.31. The lowest BCUT2D eigenvalue weighted by molar-refractivity contribution is 0.413. The summed E-state index contributed by atoms with van der Waals surface area (Å²) in [7, 11) is 1.56. The van der Waals surface area contributed by atoms with Crippen LogP contribution in [0.15, 0.2) is 36.7 Å². The lowest BCUT2D eigenvalue weighted by Gasteiger charge is -2.20. The van der Waals surface area contributed by atoms with Crippen molar-refractivity contribution in [3.63, 3.8) is 0 Å². The van der Waals surface area contributed by atoms with Crippen molar-refractivity contribution in [3.8, 4) is 5.75 Å². The number of pyridine rings is 1. The Kier molecular flexibility index (Phi) is 5.53. The van der Waals surface area contributed by atoms with Gasteiger partial charge in [0.15, 0.2) is 0 Å². The Morgan fingerprint density at radius 1 is 1.38 bits per heavy atom. The van der Waals surface area contributed by atoms with Gasteiger partial charge in [0, 0.05) is 11.8 Å². The maximum atomic E-state index is 14.1. The molecule has 1 unspecified atom stereocenters. The van der Waals surface area contributed by atoms with Crippen molar-refractivity contribution < 1.29 is 9.13 Å². The third kappa shape index (κ3) is 3.71. The first-order valence-electron chi connectivity index (χ1n) is 6.83. The smallest absolute Gasteiger partial charge is 0.146 e. The van der Waals surface area contributed by atoms with Crippen LogP contribution in [0.3, 0.4) is 0 Å². The van der Waals surface area contributed by atoms with E-state index in [4.69, 9.17) is 16.3 Å². The number of ether oxygens (including phenoxy) is 1. The molecule has 0 fully saturated rings. The zero-order valence-electron chi connectivity index (χ0n) is 12.1. The van der Waals surface area contributed by atoms with Gasteiger partial charge in [0.05, 0.1) is 24.4 Å². The summed E-state index contributed by atoms with van der Waals surface area (Å²) in [5.74, 6) is 0.243. The predicted octanol–water partition coefficient (Wildman–Crippen LogP) is 3.97. The van der Waals surface area contributed by atoms with Gasteiger partial charge in [-0.05, 0) is 36.7 Å². The summed E-state index contributed by atoms with van der Waals surface area (Å²) in [4.78, 5) is 3.80. The van der Waals surface area contributed by atoms with Crippen molar-refractivity contribution in [3.05, 3.63) is 58.6 Å². The zero-order chi connectivity index (χ0) is 15.2. The van der Waals surface area contributed by atoms with Crippen LogP contribution in [0.5, 0.6) is 5.75 Å². The van der Waals surface area contributed by atoms with Crippen LogP contribution >= 0.6 is 11.6 Å². The molecule has 0 saturated heterocycles. The molecular formula is C16H18ClFN2O. The number of methoxy groups -OCH3 is 1. The minimum absolute atomic E-state index is 0.265. The van der Waals surface area contributed by atoms with E-state index in [1.807, 2.05) is 12.1 Å². The van der Waals surface area contributed by atoms with Gasteiger partial charge in [0.1, 0.15) is 11.6 Å². The number of halogens is 2. The number of aromatic nitrogens is 1. The number of hydrogen-bond donors (Lipinski definition) is 1. The van der Waals surface area contributed by atoms with Crippen LogP contribution in [0.4, 0.5) is 4.39 Å². The molecule has 2 rings (SSSR count). The number of benzene rings is 1. The lowest BCUT2D eigenvalue weighted by Crippen LogP contribution is -2.24. The van der Waals surface area contributed by atoms with E-state index in [1.165, 1.54) is 6.20 Å². The third-order valence-corrected chi connectivity index (χ3v) is 3.53. The molecule has 0 spiro atoms. The Hall–Kier alpha value is -1.65. The van der Waals surface area contributed by atoms with E-state index < -0.39 is 0 Å². The molecule has 0 radical (unpaired) electrons. The van der Waals surface area contributed by atoms with E-state index in [1.54, 1.807) is 25.4 Å². The third-order valence-electron chi connectivity index (χ3n) is 3.22. The highest BCUT2D eigenvalue weighted by atomic mass is 35.5. The fourth-order valence-corrected chi connectivity index (χ4v) is 2.37. The van der Waals surface area contributed by atoms with Gasteiger partial charge in [-0.25, -0.2) is 4.39 Å². The van der Waals surface area contributed by atoms with E-state index in [2.05, 4.69) is 17.2 Å². The molecular weight excluding hydrogens is 291 g/mol. The summed E-state index contributed by atoms with van der Waals surface area (Å²) < 4.78 is 19.3. The summed E-state index contributed by atoms with van der Waals surface area (Å²) in [6.45, 7) is 2.84. The van der Waals surface area contributed by atoms with Gasteiger partial charge in [0.25, 0.3) is 0 Å². The van der Waals surface area contributed by atoms with Crippen molar-refractivity contribution in [1.82, 2.24) is 10.3 Å². The number of rotatable bonds is 6. The highest BCUT2D eigenvalue weighted by molar-refractivity contribution is 6.32. The van der Waals surface area contributed by atoms with Gasteiger partial charge in [-0.3, -0.25) is 4.98 Å². The number of hydrogen-bond acceptors (Lipinski definition) is 3. The Bertz CT molecular complexity index is 607. The minimum Gasteiger partial charge on any atom is -0.495 e. The predicted molar refractivity (Wildman–Crippen MR) is 82.3 cm³/mol. The van der Waals surface area contributed by atoms with E-state index in [0.29, 0.717) is 16.3 Å². The topological polar surface area (TPSA) is 34.1 Å². The van der Waals surface area contributed by atoms with Crippen LogP contribution in [-0.2, 0) is 0 Å². The van der Waals surface area contributed by atoms with Crippen molar-refractivity contribution in [2.75, 3.05) is 13.7 Å². The van der Waals surface area contributed by atoms with Crippen LogP contribution in [0.2, 0.25) is 5.02 Å². The Labute approximate surface area is 129 Å². The van der Waals surface area contributed by atoms with Gasteiger partial charge in [-0.2, -0.15) is 0 Å². The number of nitrogens with zero attached hydrogens (tertiary/aromatic N) is 1.